The molecule has 2 rings (SSSR count). The van der Waals surface area contributed by atoms with E-state index in [-0.39, 0.29) is 18.1 Å². The molecule has 1 aliphatic heterocycles. The molecule has 0 aliphatic carbocycles. The fourth-order valence-corrected chi connectivity index (χ4v) is 2.57. The summed E-state index contributed by atoms with van der Waals surface area (Å²) in [6.07, 6.45) is 2.35. The number of benzene rings is 1. The van der Waals surface area contributed by atoms with E-state index >= 15 is 0 Å². The van der Waals surface area contributed by atoms with Crippen molar-refractivity contribution in [2.75, 3.05) is 13.1 Å². The fourth-order valence-electron chi connectivity index (χ4n) is 2.57. The Labute approximate surface area is 107 Å². The number of aromatic hydroxyl groups is 1. The second-order valence-corrected chi connectivity index (χ2v) is 5.01. The molecule has 1 aromatic carbocycles. The zero-order valence-electron chi connectivity index (χ0n) is 10.4. The predicted octanol–water partition coefficient (Wildman–Crippen LogP) is 2.08. The Morgan fingerprint density at radius 3 is 2.72 bits per heavy atom. The van der Waals surface area contributed by atoms with Crippen LogP contribution < -0.4 is 0 Å². The van der Waals surface area contributed by atoms with Gasteiger partial charge in [0.15, 0.2) is 0 Å². The summed E-state index contributed by atoms with van der Waals surface area (Å²) in [6.45, 7) is 2.71. The lowest BCUT2D eigenvalue weighted by molar-refractivity contribution is -0.138. The molecule has 1 heterocycles. The molecule has 4 nitrogen and oxygen atoms in total. The zero-order valence-corrected chi connectivity index (χ0v) is 10.4. The predicted molar refractivity (Wildman–Crippen MR) is 68.4 cm³/mol. The molecule has 1 aliphatic rings. The summed E-state index contributed by atoms with van der Waals surface area (Å²) in [5, 5.41) is 18.1. The van der Waals surface area contributed by atoms with Gasteiger partial charge in [-0.15, -0.1) is 0 Å². The van der Waals surface area contributed by atoms with Crippen molar-refractivity contribution < 1.29 is 15.0 Å². The van der Waals surface area contributed by atoms with E-state index in [0.29, 0.717) is 0 Å². The van der Waals surface area contributed by atoms with E-state index in [9.17, 15) is 9.90 Å². The highest BCUT2D eigenvalue weighted by molar-refractivity contribution is 5.67. The van der Waals surface area contributed by atoms with E-state index in [1.807, 2.05) is 12.1 Å². The zero-order chi connectivity index (χ0) is 13.0. The van der Waals surface area contributed by atoms with Crippen molar-refractivity contribution in [1.29, 1.82) is 0 Å². The second-order valence-electron chi connectivity index (χ2n) is 5.01. The third-order valence-electron chi connectivity index (χ3n) is 3.41. The minimum atomic E-state index is -0.702. The first kappa shape index (κ1) is 12.9. The number of phenolic OH excluding ortho intramolecular Hbond substituents is 1. The lowest BCUT2D eigenvalue weighted by Gasteiger charge is -2.32. The third kappa shape index (κ3) is 3.74. The molecule has 1 unspecified atom stereocenters. The second kappa shape index (κ2) is 5.87. The van der Waals surface area contributed by atoms with E-state index < -0.39 is 5.97 Å². The first-order valence-electron chi connectivity index (χ1n) is 6.35. The molecule has 0 saturated carbocycles. The number of hydrogen-bond acceptors (Lipinski definition) is 3. The van der Waals surface area contributed by atoms with Crippen LogP contribution >= 0.6 is 0 Å². The van der Waals surface area contributed by atoms with Gasteiger partial charge in [0.2, 0.25) is 0 Å². The number of rotatable bonds is 4. The quantitative estimate of drug-likeness (QED) is 0.857. The Hall–Kier alpha value is -1.55. The summed E-state index contributed by atoms with van der Waals surface area (Å²) in [7, 11) is 0. The average Bonchev–Trinajstić information content (AvgIpc) is 2.32. The van der Waals surface area contributed by atoms with Crippen LogP contribution in [0, 0.1) is 5.92 Å². The summed E-state index contributed by atoms with van der Waals surface area (Å²) in [4.78, 5) is 13.0. The molecule has 1 saturated heterocycles. The lowest BCUT2D eigenvalue weighted by atomic mass is 9.94. The number of hydrogen-bond donors (Lipinski definition) is 2. The maximum absolute atomic E-state index is 10.7. The van der Waals surface area contributed by atoms with Crippen molar-refractivity contribution in [3.05, 3.63) is 29.8 Å². The summed E-state index contributed by atoms with van der Waals surface area (Å²) >= 11 is 0. The monoisotopic (exact) mass is 249 g/mol. The van der Waals surface area contributed by atoms with E-state index in [1.54, 1.807) is 12.1 Å². The highest BCUT2D eigenvalue weighted by Crippen LogP contribution is 2.21. The molecule has 0 spiro atoms. The maximum Gasteiger partial charge on any atom is 0.303 e. The van der Waals surface area contributed by atoms with Crippen LogP contribution in [-0.2, 0) is 11.3 Å². The van der Waals surface area contributed by atoms with Crippen LogP contribution in [0.1, 0.15) is 24.8 Å². The molecule has 0 radical (unpaired) electrons. The first-order valence-corrected chi connectivity index (χ1v) is 6.35. The van der Waals surface area contributed by atoms with Crippen LogP contribution in [0.5, 0.6) is 5.75 Å². The summed E-state index contributed by atoms with van der Waals surface area (Å²) in [5.74, 6) is -0.152. The van der Waals surface area contributed by atoms with E-state index in [0.717, 1.165) is 38.0 Å². The number of nitrogens with zero attached hydrogens (tertiary/aromatic N) is 1. The van der Waals surface area contributed by atoms with Gasteiger partial charge in [-0.3, -0.25) is 9.69 Å². The normalized spacial score (nSPS) is 20.8. The van der Waals surface area contributed by atoms with Gasteiger partial charge in [-0.1, -0.05) is 12.1 Å². The van der Waals surface area contributed by atoms with Gasteiger partial charge < -0.3 is 10.2 Å². The number of aliphatic carboxylic acids is 1. The van der Waals surface area contributed by atoms with Gasteiger partial charge in [-0.2, -0.15) is 0 Å². The molecular weight excluding hydrogens is 230 g/mol. The highest BCUT2D eigenvalue weighted by atomic mass is 16.4. The van der Waals surface area contributed by atoms with Crippen LogP contribution in [-0.4, -0.2) is 34.2 Å². The fraction of sp³-hybridized carbons (Fsp3) is 0.500. The summed E-state index contributed by atoms with van der Waals surface area (Å²) in [6, 6.07) is 7.20. The number of carboxylic acid groups (broad SMARTS) is 1. The van der Waals surface area contributed by atoms with Gasteiger partial charge in [0.1, 0.15) is 5.75 Å². The van der Waals surface area contributed by atoms with Gasteiger partial charge in [-0.05, 0) is 43.0 Å². The molecule has 2 N–H and O–H groups in total. The van der Waals surface area contributed by atoms with Gasteiger partial charge in [0.05, 0.1) is 0 Å². The number of piperidine rings is 1. The van der Waals surface area contributed by atoms with Crippen molar-refractivity contribution in [3.63, 3.8) is 0 Å². The van der Waals surface area contributed by atoms with Gasteiger partial charge in [0, 0.05) is 19.5 Å². The molecular formula is C14H19NO3. The van der Waals surface area contributed by atoms with Gasteiger partial charge >= 0.3 is 5.97 Å². The minimum absolute atomic E-state index is 0.270. The number of likely N-dealkylation sites (tertiary alicyclic amines) is 1. The minimum Gasteiger partial charge on any atom is -0.508 e. The van der Waals surface area contributed by atoms with Crippen molar-refractivity contribution in [3.8, 4) is 5.75 Å². The molecule has 0 aromatic heterocycles. The molecule has 18 heavy (non-hydrogen) atoms. The average molecular weight is 249 g/mol. The summed E-state index contributed by atoms with van der Waals surface area (Å²) in [5.41, 5.74) is 1.16. The van der Waals surface area contributed by atoms with E-state index in [1.165, 1.54) is 0 Å². The SMILES string of the molecule is O=C(O)CC1CCCN(Cc2ccc(O)cc2)C1. The smallest absolute Gasteiger partial charge is 0.303 e. The van der Waals surface area contributed by atoms with Crippen molar-refractivity contribution in [2.45, 2.75) is 25.8 Å². The topological polar surface area (TPSA) is 60.8 Å². The van der Waals surface area contributed by atoms with E-state index in [4.69, 9.17) is 5.11 Å². The molecule has 1 aromatic rings. The Morgan fingerprint density at radius 2 is 2.06 bits per heavy atom. The third-order valence-corrected chi connectivity index (χ3v) is 3.41. The van der Waals surface area contributed by atoms with Gasteiger partial charge in [0.25, 0.3) is 0 Å². The standard InChI is InChI=1S/C14H19NO3/c16-13-5-3-11(4-6-13)9-15-7-1-2-12(10-15)8-14(17)18/h3-6,12,16H,1-2,7-10H2,(H,17,18). The largest absolute Gasteiger partial charge is 0.508 e. The van der Waals surface area contributed by atoms with Gasteiger partial charge in [-0.25, -0.2) is 0 Å². The first-order chi connectivity index (χ1) is 8.63. The van der Waals surface area contributed by atoms with Crippen LogP contribution in [0.4, 0.5) is 0 Å². The Balaban J connectivity index is 1.89. The summed E-state index contributed by atoms with van der Waals surface area (Å²) < 4.78 is 0. The highest BCUT2D eigenvalue weighted by Gasteiger charge is 2.21. The van der Waals surface area contributed by atoms with Crippen molar-refractivity contribution in [2.24, 2.45) is 5.92 Å². The number of carbonyl (C=O) groups is 1. The van der Waals surface area contributed by atoms with Crippen LogP contribution in [0.25, 0.3) is 0 Å². The molecule has 0 amide bonds. The molecule has 1 fully saturated rings. The van der Waals surface area contributed by atoms with E-state index in [2.05, 4.69) is 4.90 Å². The number of carboxylic acids is 1. The Bertz CT molecular complexity index is 402. The number of phenols is 1. The molecule has 1 atom stereocenters. The van der Waals surface area contributed by atoms with Crippen molar-refractivity contribution >= 4 is 5.97 Å². The van der Waals surface area contributed by atoms with Crippen LogP contribution in [0.2, 0.25) is 0 Å². The van der Waals surface area contributed by atoms with Crippen LogP contribution in [0.3, 0.4) is 0 Å². The lowest BCUT2D eigenvalue weighted by Crippen LogP contribution is -2.35. The Morgan fingerprint density at radius 1 is 1.33 bits per heavy atom. The molecule has 98 valence electrons. The van der Waals surface area contributed by atoms with Crippen molar-refractivity contribution in [1.82, 2.24) is 4.90 Å². The maximum atomic E-state index is 10.7. The Kier molecular flexibility index (Phi) is 4.20. The van der Waals surface area contributed by atoms with Crippen LogP contribution in [0.15, 0.2) is 24.3 Å². The molecule has 0 bridgehead atoms. The molecule has 4 heteroatoms.